The molecular formula is C17H22N4O2. The number of hydrazone groups is 1. The summed E-state index contributed by atoms with van der Waals surface area (Å²) < 4.78 is 5.40. The Morgan fingerprint density at radius 2 is 2.04 bits per heavy atom. The van der Waals surface area contributed by atoms with Gasteiger partial charge in [-0.1, -0.05) is 13.8 Å². The molecule has 1 aromatic carbocycles. The smallest absolute Gasteiger partial charge is 0.291 e. The lowest BCUT2D eigenvalue weighted by Gasteiger charge is -2.05. The number of hydrogen-bond acceptors (Lipinski definition) is 4. The second kappa shape index (κ2) is 7.58. The zero-order chi connectivity index (χ0) is 16.8. The van der Waals surface area contributed by atoms with E-state index in [1.165, 1.54) is 0 Å². The average Bonchev–Trinajstić information content (AvgIpc) is 3.03. The van der Waals surface area contributed by atoms with E-state index < -0.39 is 0 Å². The molecule has 6 nitrogen and oxygen atoms in total. The third kappa shape index (κ3) is 4.42. The van der Waals surface area contributed by atoms with Crippen molar-refractivity contribution in [1.29, 1.82) is 0 Å². The number of aromatic nitrogens is 2. The zero-order valence-corrected chi connectivity index (χ0v) is 13.9. The molecule has 0 fully saturated rings. The van der Waals surface area contributed by atoms with Crippen molar-refractivity contribution in [1.82, 2.24) is 15.6 Å². The van der Waals surface area contributed by atoms with Crippen LogP contribution in [0.25, 0.3) is 0 Å². The monoisotopic (exact) mass is 314 g/mol. The quantitative estimate of drug-likeness (QED) is 0.635. The Labute approximate surface area is 135 Å². The highest BCUT2D eigenvalue weighted by Gasteiger charge is 2.11. The van der Waals surface area contributed by atoms with E-state index in [1.54, 1.807) is 6.07 Å². The van der Waals surface area contributed by atoms with E-state index in [-0.39, 0.29) is 11.8 Å². The van der Waals surface area contributed by atoms with E-state index in [9.17, 15) is 4.79 Å². The van der Waals surface area contributed by atoms with Crippen LogP contribution in [0, 0.1) is 0 Å². The molecule has 2 rings (SSSR count). The fourth-order valence-corrected chi connectivity index (χ4v) is 1.96. The van der Waals surface area contributed by atoms with Crippen molar-refractivity contribution in [3.8, 4) is 5.75 Å². The molecule has 23 heavy (non-hydrogen) atoms. The minimum Gasteiger partial charge on any atom is -0.494 e. The van der Waals surface area contributed by atoms with E-state index in [2.05, 4.69) is 20.7 Å². The molecule has 6 heteroatoms. The Balaban J connectivity index is 2.01. The fourth-order valence-electron chi connectivity index (χ4n) is 1.96. The van der Waals surface area contributed by atoms with Crippen LogP contribution in [0.15, 0.2) is 35.4 Å². The van der Waals surface area contributed by atoms with Gasteiger partial charge in [0.2, 0.25) is 0 Å². The van der Waals surface area contributed by atoms with E-state index >= 15 is 0 Å². The Morgan fingerprint density at radius 3 is 2.61 bits per heavy atom. The van der Waals surface area contributed by atoms with Gasteiger partial charge >= 0.3 is 0 Å². The van der Waals surface area contributed by atoms with Crippen LogP contribution in [0.2, 0.25) is 0 Å². The maximum absolute atomic E-state index is 12.0. The first-order chi connectivity index (χ1) is 11.0. The molecule has 0 radical (unpaired) electrons. The molecule has 1 aromatic heterocycles. The van der Waals surface area contributed by atoms with Crippen LogP contribution in [-0.2, 0) is 0 Å². The molecular weight excluding hydrogens is 292 g/mol. The van der Waals surface area contributed by atoms with Gasteiger partial charge in [-0.25, -0.2) is 5.43 Å². The van der Waals surface area contributed by atoms with Crippen LogP contribution in [0.3, 0.4) is 0 Å². The molecule has 0 aliphatic carbocycles. The number of rotatable bonds is 6. The molecule has 1 heterocycles. The van der Waals surface area contributed by atoms with Crippen LogP contribution in [0.1, 0.15) is 55.4 Å². The number of H-pyrrole nitrogens is 1. The van der Waals surface area contributed by atoms with E-state index in [0.29, 0.717) is 18.0 Å². The number of nitrogens with one attached hydrogen (secondary N) is 2. The summed E-state index contributed by atoms with van der Waals surface area (Å²) in [5, 5.41) is 11.0. The summed E-state index contributed by atoms with van der Waals surface area (Å²) in [5.41, 5.74) is 5.40. The van der Waals surface area contributed by atoms with Crippen molar-refractivity contribution in [2.24, 2.45) is 5.10 Å². The average molecular weight is 314 g/mol. The second-order valence-corrected chi connectivity index (χ2v) is 5.46. The third-order valence-corrected chi connectivity index (χ3v) is 3.36. The first-order valence-electron chi connectivity index (χ1n) is 7.64. The fraction of sp³-hybridized carbons (Fsp3) is 0.353. The molecule has 1 amide bonds. The Hall–Kier alpha value is -2.63. The summed E-state index contributed by atoms with van der Waals surface area (Å²) in [6.45, 7) is 8.47. The summed E-state index contributed by atoms with van der Waals surface area (Å²) in [6.07, 6.45) is 0. The second-order valence-electron chi connectivity index (χ2n) is 5.46. The standard InChI is InChI=1S/C17H22N4O2/c1-5-23-14-8-6-13(7-9-14)12(4)18-21-17(22)16-10-15(11(2)3)19-20-16/h6-11H,5H2,1-4H3,(H,19,20)(H,21,22)/b18-12+. The van der Waals surface area contributed by atoms with Crippen molar-refractivity contribution in [3.63, 3.8) is 0 Å². The predicted octanol–water partition coefficient (Wildman–Crippen LogP) is 3.09. The molecule has 0 aliphatic rings. The largest absolute Gasteiger partial charge is 0.494 e. The third-order valence-electron chi connectivity index (χ3n) is 3.36. The van der Waals surface area contributed by atoms with E-state index in [0.717, 1.165) is 17.0 Å². The van der Waals surface area contributed by atoms with Crippen molar-refractivity contribution >= 4 is 11.6 Å². The number of hydrogen-bond donors (Lipinski definition) is 2. The van der Waals surface area contributed by atoms with Gasteiger partial charge < -0.3 is 4.74 Å². The first kappa shape index (κ1) is 16.7. The van der Waals surface area contributed by atoms with Crippen LogP contribution in [-0.4, -0.2) is 28.4 Å². The van der Waals surface area contributed by atoms with Crippen molar-refractivity contribution < 1.29 is 9.53 Å². The van der Waals surface area contributed by atoms with Gasteiger partial charge in [0.15, 0.2) is 5.69 Å². The highest BCUT2D eigenvalue weighted by Crippen LogP contribution is 2.13. The van der Waals surface area contributed by atoms with Gasteiger partial charge in [-0.05, 0) is 55.7 Å². The molecule has 0 saturated heterocycles. The molecule has 2 N–H and O–H groups in total. The lowest BCUT2D eigenvalue weighted by Crippen LogP contribution is -2.19. The van der Waals surface area contributed by atoms with Crippen LogP contribution >= 0.6 is 0 Å². The van der Waals surface area contributed by atoms with Gasteiger partial charge in [-0.2, -0.15) is 10.2 Å². The molecule has 0 saturated carbocycles. The van der Waals surface area contributed by atoms with Crippen molar-refractivity contribution in [2.45, 2.75) is 33.6 Å². The van der Waals surface area contributed by atoms with Gasteiger partial charge in [-0.15, -0.1) is 0 Å². The summed E-state index contributed by atoms with van der Waals surface area (Å²) >= 11 is 0. The molecule has 0 unspecified atom stereocenters. The summed E-state index contributed by atoms with van der Waals surface area (Å²) in [4.78, 5) is 12.0. The molecule has 0 aliphatic heterocycles. The predicted molar refractivity (Wildman–Crippen MR) is 90.0 cm³/mol. The highest BCUT2D eigenvalue weighted by molar-refractivity contribution is 6.00. The van der Waals surface area contributed by atoms with Crippen LogP contribution < -0.4 is 10.2 Å². The lowest BCUT2D eigenvalue weighted by molar-refractivity contribution is 0.0950. The van der Waals surface area contributed by atoms with Crippen LogP contribution in [0.5, 0.6) is 5.75 Å². The number of aromatic amines is 1. The molecule has 0 spiro atoms. The number of amides is 1. The maximum Gasteiger partial charge on any atom is 0.291 e. The van der Waals surface area contributed by atoms with Gasteiger partial charge in [0.25, 0.3) is 5.91 Å². The van der Waals surface area contributed by atoms with Gasteiger partial charge in [0.1, 0.15) is 5.75 Å². The lowest BCUT2D eigenvalue weighted by atomic mass is 10.1. The number of carbonyl (C=O) groups excluding carboxylic acids is 1. The Kier molecular flexibility index (Phi) is 5.51. The Bertz CT molecular complexity index is 687. The van der Waals surface area contributed by atoms with Crippen LogP contribution in [0.4, 0.5) is 0 Å². The minimum atomic E-state index is -0.335. The normalized spacial score (nSPS) is 11.6. The SMILES string of the molecule is CCOc1ccc(/C(C)=N/NC(=O)c2cc(C(C)C)[nH]n2)cc1. The number of benzene rings is 1. The molecule has 2 aromatic rings. The zero-order valence-electron chi connectivity index (χ0n) is 13.9. The Morgan fingerprint density at radius 1 is 1.35 bits per heavy atom. The number of carbonyl (C=O) groups is 1. The van der Waals surface area contributed by atoms with Gasteiger partial charge in [0, 0.05) is 5.69 Å². The summed E-state index contributed by atoms with van der Waals surface area (Å²) in [7, 11) is 0. The first-order valence-corrected chi connectivity index (χ1v) is 7.64. The minimum absolute atomic E-state index is 0.290. The summed E-state index contributed by atoms with van der Waals surface area (Å²) in [6, 6.07) is 9.30. The molecule has 122 valence electrons. The van der Waals surface area contributed by atoms with E-state index in [1.807, 2.05) is 52.0 Å². The molecule has 0 bridgehead atoms. The number of nitrogens with zero attached hydrogens (tertiary/aromatic N) is 2. The van der Waals surface area contributed by atoms with Crippen molar-refractivity contribution in [2.75, 3.05) is 6.61 Å². The number of ether oxygens (including phenoxy) is 1. The van der Waals surface area contributed by atoms with Gasteiger partial charge in [-0.3, -0.25) is 9.89 Å². The van der Waals surface area contributed by atoms with Crippen molar-refractivity contribution in [3.05, 3.63) is 47.3 Å². The van der Waals surface area contributed by atoms with E-state index in [4.69, 9.17) is 4.74 Å². The highest BCUT2D eigenvalue weighted by atomic mass is 16.5. The maximum atomic E-state index is 12.0. The topological polar surface area (TPSA) is 79.4 Å². The van der Waals surface area contributed by atoms with Gasteiger partial charge in [0.05, 0.1) is 12.3 Å². The molecule has 0 atom stereocenters. The summed E-state index contributed by atoms with van der Waals surface area (Å²) in [5.74, 6) is 0.766.